The third kappa shape index (κ3) is 75.9. The van der Waals surface area contributed by atoms with Gasteiger partial charge >= 0.3 is 39.5 Å². The molecule has 0 heterocycles. The van der Waals surface area contributed by atoms with E-state index in [9.17, 15) is 43.2 Å². The molecule has 17 nitrogen and oxygen atoms in total. The Morgan fingerprint density at radius 3 is 0.798 bits per heavy atom. The Balaban J connectivity index is 5.44. The van der Waals surface area contributed by atoms with Crippen LogP contribution in [-0.2, 0) is 65.4 Å². The van der Waals surface area contributed by atoms with E-state index in [-0.39, 0.29) is 25.7 Å². The van der Waals surface area contributed by atoms with E-state index < -0.39 is 97.5 Å². The number of aliphatic hydroxyl groups excluding tert-OH is 1. The van der Waals surface area contributed by atoms with E-state index in [1.54, 1.807) is 0 Å². The second-order valence-electron chi connectivity index (χ2n) is 27.4. The summed E-state index contributed by atoms with van der Waals surface area (Å²) in [5.41, 5.74) is 0. The molecule has 0 aromatic carbocycles. The first-order valence-electron chi connectivity index (χ1n) is 41.1. The van der Waals surface area contributed by atoms with Crippen LogP contribution in [-0.4, -0.2) is 96.7 Å². The van der Waals surface area contributed by atoms with Gasteiger partial charge in [-0.05, 0) is 128 Å². The van der Waals surface area contributed by atoms with Crippen LogP contribution >= 0.6 is 15.6 Å². The number of hydrogen-bond acceptors (Lipinski definition) is 15. The van der Waals surface area contributed by atoms with E-state index in [1.165, 1.54) is 128 Å². The number of aliphatic hydroxyl groups is 1. The molecule has 0 aromatic rings. The van der Waals surface area contributed by atoms with Gasteiger partial charge in [0.1, 0.15) is 19.3 Å². The fraction of sp³-hybridized carbons (Fsp3) is 0.741. The minimum absolute atomic E-state index is 0.0277. The molecule has 3 N–H and O–H groups in total. The summed E-state index contributed by atoms with van der Waals surface area (Å²) in [4.78, 5) is 73.0. The Morgan fingerprint density at radius 2 is 0.490 bits per heavy atom. The molecule has 104 heavy (non-hydrogen) atoms. The molecule has 0 fully saturated rings. The largest absolute Gasteiger partial charge is 0.472 e. The molecule has 0 aliphatic heterocycles. The SMILES string of the molecule is CCCCC/C=C\C/C=C\C/C=C\C/C=C\C/C=C\CCC(=O)O[C@H](COC(=O)CCCCCCCCCCCCCCCCC)COP(=O)(O)OC[C@H](O)COP(=O)(O)OC[C@@H](COC(=O)CCCCCCC/C=C\C/C=C\CCCCC)OC(=O)CCCCCCC/C=C\C/C=C\CCCCC. The second-order valence-corrected chi connectivity index (χ2v) is 30.3. The second kappa shape index (κ2) is 76.9. The van der Waals surface area contributed by atoms with E-state index >= 15 is 0 Å². The number of esters is 4. The molecule has 5 atom stereocenters. The third-order valence-electron chi connectivity index (χ3n) is 17.2. The summed E-state index contributed by atoms with van der Waals surface area (Å²) >= 11 is 0. The molecule has 0 bridgehead atoms. The number of carbonyl (C=O) groups excluding carboxylic acids is 4. The van der Waals surface area contributed by atoms with Crippen LogP contribution in [0, 0.1) is 0 Å². The lowest BCUT2D eigenvalue weighted by molar-refractivity contribution is -0.161. The highest BCUT2D eigenvalue weighted by atomic mass is 31.2. The number of allylic oxidation sites excluding steroid dienone is 18. The van der Waals surface area contributed by atoms with Crippen LogP contribution in [0.5, 0.6) is 0 Å². The van der Waals surface area contributed by atoms with Crippen molar-refractivity contribution in [3.63, 3.8) is 0 Å². The maximum atomic E-state index is 13.1. The van der Waals surface area contributed by atoms with E-state index in [0.717, 1.165) is 135 Å². The number of ether oxygens (including phenoxy) is 4. The lowest BCUT2D eigenvalue weighted by Gasteiger charge is -2.21. The summed E-state index contributed by atoms with van der Waals surface area (Å²) in [5, 5.41) is 10.6. The Morgan fingerprint density at radius 1 is 0.269 bits per heavy atom. The van der Waals surface area contributed by atoms with Gasteiger partial charge in [0.25, 0.3) is 0 Å². The summed E-state index contributed by atoms with van der Waals surface area (Å²) in [7, 11) is -9.99. The first-order chi connectivity index (χ1) is 50.7. The first-order valence-corrected chi connectivity index (χ1v) is 44.1. The van der Waals surface area contributed by atoms with Crippen LogP contribution in [0.25, 0.3) is 0 Å². The zero-order valence-corrected chi connectivity index (χ0v) is 67.5. The molecule has 0 amide bonds. The molecule has 0 saturated carbocycles. The average Bonchev–Trinajstić information content (AvgIpc) is 0.943. The predicted octanol–water partition coefficient (Wildman–Crippen LogP) is 24.1. The maximum Gasteiger partial charge on any atom is 0.472 e. The van der Waals surface area contributed by atoms with Crippen molar-refractivity contribution in [3.05, 3.63) is 109 Å². The lowest BCUT2D eigenvalue weighted by Crippen LogP contribution is -2.30. The van der Waals surface area contributed by atoms with Crippen LogP contribution in [0.3, 0.4) is 0 Å². The van der Waals surface area contributed by atoms with Crippen molar-refractivity contribution in [2.75, 3.05) is 39.6 Å². The highest BCUT2D eigenvalue weighted by molar-refractivity contribution is 7.47. The highest BCUT2D eigenvalue weighted by Crippen LogP contribution is 2.45. The van der Waals surface area contributed by atoms with Crippen molar-refractivity contribution in [1.82, 2.24) is 0 Å². The average molecular weight is 1500 g/mol. The van der Waals surface area contributed by atoms with E-state index in [4.69, 9.17) is 37.0 Å². The summed E-state index contributed by atoms with van der Waals surface area (Å²) < 4.78 is 68.6. The number of rotatable bonds is 77. The standard InChI is InChI=1S/C85H148O17P2/c1-5-9-13-17-21-25-29-33-37-38-39-40-44-48-52-56-60-64-68-72-85(90)102-81(76-96-83(88)70-66-62-58-54-50-46-42-35-31-27-23-19-15-11-7-3)78-100-104(93,94)98-74-79(86)73-97-103(91,92)99-77-80(101-84(89)71-67-63-59-55-51-47-43-36-32-28-24-20-16-12-8-4)75-95-82(87)69-65-61-57-53-49-45-41-34-30-26-22-18-14-10-6-2/h21-22,24-26,28,33-34,36-37,39-41,43,48,52,60,64,79-81,86H,5-20,23,27,29-32,35,38,42,44-47,49-51,53-59,61-63,65-78H2,1-4H3,(H,91,92)(H,93,94)/b25-21-,26-22-,28-24-,37-33-,40-39-,41-34-,43-36-,52-48-,64-60-/t79-,80-,81-/m1/s1. The van der Waals surface area contributed by atoms with Crippen molar-refractivity contribution in [3.8, 4) is 0 Å². The lowest BCUT2D eigenvalue weighted by atomic mass is 10.0. The Kier molecular flexibility index (Phi) is 73.7. The summed E-state index contributed by atoms with van der Waals surface area (Å²) in [6, 6.07) is 0. The summed E-state index contributed by atoms with van der Waals surface area (Å²) in [6.07, 6.45) is 83.6. The third-order valence-corrected chi connectivity index (χ3v) is 19.1. The molecular formula is C85H148O17P2. The van der Waals surface area contributed by atoms with Crippen molar-refractivity contribution >= 4 is 39.5 Å². The number of phosphoric ester groups is 2. The van der Waals surface area contributed by atoms with Gasteiger partial charge in [-0.1, -0.05) is 304 Å². The zero-order valence-electron chi connectivity index (χ0n) is 65.7. The zero-order chi connectivity index (χ0) is 76.0. The minimum Gasteiger partial charge on any atom is -0.462 e. The van der Waals surface area contributed by atoms with E-state index in [2.05, 4.69) is 119 Å². The van der Waals surface area contributed by atoms with Crippen molar-refractivity contribution in [1.29, 1.82) is 0 Å². The molecular weight excluding hydrogens is 1350 g/mol. The number of phosphoric acid groups is 2. The van der Waals surface area contributed by atoms with Gasteiger partial charge in [-0.15, -0.1) is 0 Å². The Hall–Kier alpha value is -4.28. The molecule has 0 rings (SSSR count). The van der Waals surface area contributed by atoms with Gasteiger partial charge in [-0.25, -0.2) is 9.13 Å². The van der Waals surface area contributed by atoms with E-state index in [0.29, 0.717) is 32.1 Å². The molecule has 0 radical (unpaired) electrons. The molecule has 0 saturated heterocycles. The first kappa shape index (κ1) is 99.7. The van der Waals surface area contributed by atoms with E-state index in [1.807, 2.05) is 18.2 Å². The van der Waals surface area contributed by atoms with Gasteiger partial charge in [0.2, 0.25) is 0 Å². The van der Waals surface area contributed by atoms with Gasteiger partial charge in [-0.3, -0.25) is 37.3 Å². The smallest absolute Gasteiger partial charge is 0.462 e. The number of unbranched alkanes of at least 4 members (excludes halogenated alkanes) is 33. The van der Waals surface area contributed by atoms with Gasteiger partial charge in [0.15, 0.2) is 12.2 Å². The Labute approximate surface area is 632 Å². The topological polar surface area (TPSA) is 237 Å². The summed E-state index contributed by atoms with van der Waals surface area (Å²) in [5.74, 6) is -2.29. The molecule has 19 heteroatoms. The highest BCUT2D eigenvalue weighted by Gasteiger charge is 2.30. The minimum atomic E-state index is -5.00. The van der Waals surface area contributed by atoms with Gasteiger partial charge in [0.05, 0.1) is 26.4 Å². The van der Waals surface area contributed by atoms with Crippen LogP contribution in [0.1, 0.15) is 349 Å². The van der Waals surface area contributed by atoms with Crippen molar-refractivity contribution in [2.45, 2.75) is 367 Å². The van der Waals surface area contributed by atoms with Crippen LogP contribution in [0.15, 0.2) is 109 Å². The van der Waals surface area contributed by atoms with Crippen LogP contribution in [0.2, 0.25) is 0 Å². The molecule has 0 aliphatic carbocycles. The predicted molar refractivity (Wildman–Crippen MR) is 427 cm³/mol. The van der Waals surface area contributed by atoms with Gasteiger partial charge in [0, 0.05) is 25.7 Å². The number of carbonyl (C=O) groups is 4. The number of hydrogen-bond donors (Lipinski definition) is 3. The summed E-state index contributed by atoms with van der Waals surface area (Å²) in [6.45, 7) is 4.72. The fourth-order valence-electron chi connectivity index (χ4n) is 10.9. The molecule has 0 aliphatic rings. The quantitative estimate of drug-likeness (QED) is 0.0169. The van der Waals surface area contributed by atoms with Crippen molar-refractivity contribution < 1.29 is 80.2 Å². The molecule has 0 spiro atoms. The molecule has 0 aromatic heterocycles. The fourth-order valence-corrected chi connectivity index (χ4v) is 12.5. The van der Waals surface area contributed by atoms with Gasteiger partial charge in [-0.2, -0.15) is 0 Å². The maximum absolute atomic E-state index is 13.1. The van der Waals surface area contributed by atoms with Crippen LogP contribution < -0.4 is 0 Å². The van der Waals surface area contributed by atoms with Crippen LogP contribution in [0.4, 0.5) is 0 Å². The Bertz CT molecular complexity index is 2390. The normalized spacial score (nSPS) is 14.4. The molecule has 600 valence electrons. The molecule has 2 unspecified atom stereocenters. The monoisotopic (exact) mass is 1500 g/mol. The van der Waals surface area contributed by atoms with Crippen molar-refractivity contribution in [2.24, 2.45) is 0 Å². The van der Waals surface area contributed by atoms with Gasteiger partial charge < -0.3 is 33.8 Å².